The zero-order valence-corrected chi connectivity index (χ0v) is 61.5. The van der Waals surface area contributed by atoms with E-state index in [4.69, 9.17) is 37.0 Å². The molecule has 3 N–H and O–H groups in total. The Balaban J connectivity index is 5.28. The van der Waals surface area contributed by atoms with Crippen molar-refractivity contribution in [1.29, 1.82) is 0 Å². The summed E-state index contributed by atoms with van der Waals surface area (Å²) in [6.07, 6.45) is 60.3. The Kier molecular flexibility index (Phi) is 66.3. The molecular weight excluding hydrogens is 1220 g/mol. The molecule has 0 fully saturated rings. The molecule has 0 amide bonds. The molecule has 2 unspecified atom stereocenters. The lowest BCUT2D eigenvalue weighted by Crippen LogP contribution is -2.30. The van der Waals surface area contributed by atoms with Gasteiger partial charge in [-0.05, 0) is 51.4 Å². The Morgan fingerprint density at radius 1 is 0.301 bits per heavy atom. The van der Waals surface area contributed by atoms with E-state index in [2.05, 4.69) is 52.0 Å². The summed E-state index contributed by atoms with van der Waals surface area (Å²) >= 11 is 0. The van der Waals surface area contributed by atoms with E-state index >= 15 is 0 Å². The Hall–Kier alpha value is -2.46. The van der Waals surface area contributed by atoms with Crippen molar-refractivity contribution < 1.29 is 80.2 Å². The van der Waals surface area contributed by atoms with E-state index in [9.17, 15) is 43.2 Å². The second-order valence-electron chi connectivity index (χ2n) is 26.0. The van der Waals surface area contributed by atoms with Gasteiger partial charge in [0.25, 0.3) is 0 Å². The van der Waals surface area contributed by atoms with Crippen molar-refractivity contribution in [2.45, 2.75) is 386 Å². The first kappa shape index (κ1) is 90.5. The Morgan fingerprint density at radius 3 is 0.785 bits per heavy atom. The highest BCUT2D eigenvalue weighted by Gasteiger charge is 2.30. The standard InChI is InChI=1S/C74H140O17P2/c1-5-9-13-17-21-25-29-32-34-36-38-41-45-49-53-57-61-74(79)91-70(65-85-72(77)59-55-51-47-43-40-37-35-33-30-26-22-18-14-10-6-2)67-89-93(82,83)87-63-68(75)62-86-92(80,81)88-66-69(64-84-71(76)58-54-50-46-42-28-24-20-16-12-8-4)90-73(78)60-56-52-48-44-39-31-27-23-19-15-11-7-3/h26,30,33,35,68-70,75H,5-25,27-29,31-32,34,36-67H2,1-4H3,(H,80,81)(H,82,83)/b30-26-,35-33-/t68-,69+,70+/m0/s1. The van der Waals surface area contributed by atoms with Crippen molar-refractivity contribution in [3.05, 3.63) is 24.3 Å². The van der Waals surface area contributed by atoms with Gasteiger partial charge in [-0.3, -0.25) is 37.3 Å². The van der Waals surface area contributed by atoms with Crippen LogP contribution in [-0.2, 0) is 65.4 Å². The molecule has 0 spiro atoms. The van der Waals surface area contributed by atoms with Crippen LogP contribution < -0.4 is 0 Å². The number of allylic oxidation sites excluding steroid dienone is 4. The minimum atomic E-state index is -4.96. The minimum Gasteiger partial charge on any atom is -0.462 e. The van der Waals surface area contributed by atoms with Crippen LogP contribution in [0.1, 0.15) is 368 Å². The van der Waals surface area contributed by atoms with E-state index in [-0.39, 0.29) is 25.7 Å². The summed E-state index contributed by atoms with van der Waals surface area (Å²) in [6, 6.07) is 0. The van der Waals surface area contributed by atoms with Gasteiger partial charge in [0.15, 0.2) is 12.2 Å². The molecule has 0 saturated heterocycles. The monoisotopic (exact) mass is 1360 g/mol. The molecule has 0 aromatic carbocycles. The van der Waals surface area contributed by atoms with Crippen LogP contribution in [-0.4, -0.2) is 96.7 Å². The molecular formula is C74H140O17P2. The number of unbranched alkanes of at least 4 members (excludes halogenated alkanes) is 44. The molecule has 17 nitrogen and oxygen atoms in total. The first-order valence-corrected chi connectivity index (χ1v) is 41.1. The van der Waals surface area contributed by atoms with E-state index in [0.29, 0.717) is 25.7 Å². The molecule has 19 heteroatoms. The van der Waals surface area contributed by atoms with Crippen LogP contribution >= 0.6 is 15.6 Å². The van der Waals surface area contributed by atoms with E-state index in [0.717, 1.165) is 109 Å². The van der Waals surface area contributed by atoms with Gasteiger partial charge in [0.2, 0.25) is 0 Å². The van der Waals surface area contributed by atoms with Crippen LogP contribution in [0.15, 0.2) is 24.3 Å². The Bertz CT molecular complexity index is 1870. The summed E-state index contributed by atoms with van der Waals surface area (Å²) in [5.74, 6) is -2.14. The van der Waals surface area contributed by atoms with E-state index in [1.807, 2.05) is 0 Å². The van der Waals surface area contributed by atoms with Gasteiger partial charge in [-0.25, -0.2) is 9.13 Å². The number of hydrogen-bond donors (Lipinski definition) is 3. The van der Waals surface area contributed by atoms with Crippen LogP contribution in [0.2, 0.25) is 0 Å². The summed E-state index contributed by atoms with van der Waals surface area (Å²) in [5, 5.41) is 10.6. The highest BCUT2D eigenvalue weighted by atomic mass is 31.2. The van der Waals surface area contributed by atoms with Crippen LogP contribution in [0.3, 0.4) is 0 Å². The predicted octanol–water partition coefficient (Wildman–Crippen LogP) is 21.4. The molecule has 0 aliphatic carbocycles. The average Bonchev–Trinajstić information content (AvgIpc) is 2.22. The fraction of sp³-hybridized carbons (Fsp3) is 0.892. The van der Waals surface area contributed by atoms with Crippen LogP contribution in [0, 0.1) is 0 Å². The third-order valence-corrected chi connectivity index (χ3v) is 18.6. The van der Waals surface area contributed by atoms with E-state index < -0.39 is 97.5 Å². The summed E-state index contributed by atoms with van der Waals surface area (Å²) in [5.41, 5.74) is 0. The molecule has 0 heterocycles. The van der Waals surface area contributed by atoms with Crippen molar-refractivity contribution >= 4 is 39.5 Å². The van der Waals surface area contributed by atoms with Crippen LogP contribution in [0.25, 0.3) is 0 Å². The minimum absolute atomic E-state index is 0.102. The number of rotatable bonds is 73. The smallest absolute Gasteiger partial charge is 0.462 e. The predicted molar refractivity (Wildman–Crippen MR) is 377 cm³/mol. The third kappa shape index (κ3) is 67.9. The average molecular weight is 1360 g/mol. The lowest BCUT2D eigenvalue weighted by Gasteiger charge is -2.21. The topological polar surface area (TPSA) is 237 Å². The first-order chi connectivity index (χ1) is 45.2. The molecule has 0 aliphatic rings. The van der Waals surface area contributed by atoms with Crippen molar-refractivity contribution in [2.24, 2.45) is 0 Å². The number of aliphatic hydroxyl groups is 1. The summed E-state index contributed by atoms with van der Waals surface area (Å²) in [6.45, 7) is 4.90. The van der Waals surface area contributed by atoms with Crippen molar-refractivity contribution in [3.8, 4) is 0 Å². The molecule has 0 aromatic heterocycles. The lowest BCUT2D eigenvalue weighted by atomic mass is 10.0. The number of carbonyl (C=O) groups is 4. The lowest BCUT2D eigenvalue weighted by molar-refractivity contribution is -0.161. The first-order valence-electron chi connectivity index (χ1n) is 38.1. The number of hydrogen-bond acceptors (Lipinski definition) is 15. The number of ether oxygens (including phenoxy) is 4. The summed E-state index contributed by atoms with van der Waals surface area (Å²) in [7, 11) is -9.91. The van der Waals surface area contributed by atoms with Gasteiger partial charge in [0.05, 0.1) is 26.4 Å². The fourth-order valence-corrected chi connectivity index (χ4v) is 12.4. The number of aliphatic hydroxyl groups excluding tert-OH is 1. The molecule has 93 heavy (non-hydrogen) atoms. The van der Waals surface area contributed by atoms with Gasteiger partial charge in [-0.2, -0.15) is 0 Å². The number of carbonyl (C=O) groups excluding carboxylic acids is 4. The van der Waals surface area contributed by atoms with Gasteiger partial charge in [-0.15, -0.1) is 0 Å². The SMILES string of the molecule is CCCCCC/C=C\C=C/CCCCCCCC(=O)OC[C@H](COP(=O)(O)OC[C@@H](O)COP(=O)(O)OC[C@@H](COC(=O)CCCCCCCCCCCC)OC(=O)CCCCCCCCCCCCCC)OC(=O)CCCCCCCCCCCCCCCCCC. The Labute approximate surface area is 567 Å². The molecule has 0 bridgehead atoms. The van der Waals surface area contributed by atoms with Crippen LogP contribution in [0.5, 0.6) is 0 Å². The van der Waals surface area contributed by atoms with E-state index in [1.54, 1.807) is 0 Å². The number of esters is 4. The highest BCUT2D eigenvalue weighted by Crippen LogP contribution is 2.45. The highest BCUT2D eigenvalue weighted by molar-refractivity contribution is 7.47. The molecule has 0 saturated carbocycles. The largest absolute Gasteiger partial charge is 0.472 e. The maximum atomic E-state index is 13.1. The van der Waals surface area contributed by atoms with Crippen molar-refractivity contribution in [2.75, 3.05) is 39.6 Å². The maximum Gasteiger partial charge on any atom is 0.472 e. The van der Waals surface area contributed by atoms with Crippen LogP contribution in [0.4, 0.5) is 0 Å². The Morgan fingerprint density at radius 2 is 0.516 bits per heavy atom. The molecule has 0 aromatic rings. The van der Waals surface area contributed by atoms with Gasteiger partial charge in [-0.1, -0.05) is 315 Å². The van der Waals surface area contributed by atoms with Crippen molar-refractivity contribution in [1.82, 2.24) is 0 Å². The quantitative estimate of drug-likeness (QED) is 0.0169. The molecule has 0 aliphatic heterocycles. The third-order valence-electron chi connectivity index (χ3n) is 16.7. The van der Waals surface area contributed by atoms with Crippen molar-refractivity contribution in [3.63, 3.8) is 0 Å². The zero-order chi connectivity index (χ0) is 68.2. The van der Waals surface area contributed by atoms with Gasteiger partial charge < -0.3 is 33.8 Å². The number of phosphoric acid groups is 2. The molecule has 5 atom stereocenters. The molecule has 0 rings (SSSR count). The molecule has 548 valence electrons. The van der Waals surface area contributed by atoms with E-state index in [1.165, 1.54) is 180 Å². The number of phosphoric ester groups is 2. The van der Waals surface area contributed by atoms with Gasteiger partial charge in [0, 0.05) is 25.7 Å². The normalized spacial score (nSPS) is 14.1. The maximum absolute atomic E-state index is 13.1. The summed E-state index contributed by atoms with van der Waals surface area (Å²) in [4.78, 5) is 72.7. The van der Waals surface area contributed by atoms with Gasteiger partial charge in [0.1, 0.15) is 19.3 Å². The van der Waals surface area contributed by atoms with Gasteiger partial charge >= 0.3 is 39.5 Å². The fourth-order valence-electron chi connectivity index (χ4n) is 10.9. The second-order valence-corrected chi connectivity index (χ2v) is 28.9. The molecule has 0 radical (unpaired) electrons. The zero-order valence-electron chi connectivity index (χ0n) is 59.7. The second kappa shape index (κ2) is 68.1. The summed E-state index contributed by atoms with van der Waals surface area (Å²) < 4.78 is 68.4.